The number of hydrogen-bond acceptors (Lipinski definition) is 4. The van der Waals surface area contributed by atoms with Gasteiger partial charge in [0.1, 0.15) is 6.33 Å². The molecule has 0 spiro atoms. The molecule has 0 saturated carbocycles. The Morgan fingerprint density at radius 2 is 1.93 bits per heavy atom. The van der Waals surface area contributed by atoms with Crippen molar-refractivity contribution in [2.75, 3.05) is 0 Å². The lowest BCUT2D eigenvalue weighted by Crippen LogP contribution is -2.12. The van der Waals surface area contributed by atoms with Gasteiger partial charge < -0.3 is 0 Å². The van der Waals surface area contributed by atoms with E-state index in [4.69, 9.17) is 0 Å². The van der Waals surface area contributed by atoms with E-state index in [9.17, 15) is 10.1 Å². The second kappa shape index (κ2) is 7.49. The molecule has 2 aromatic carbocycles. The molecule has 6 heteroatoms. The monoisotopic (exact) mass is 369 g/mol. The molecule has 4 rings (SSSR count). The van der Waals surface area contributed by atoms with Gasteiger partial charge in [0.2, 0.25) is 0 Å². The van der Waals surface area contributed by atoms with Crippen molar-refractivity contribution >= 4 is 5.65 Å². The predicted octanol–water partition coefficient (Wildman–Crippen LogP) is 3.50. The van der Waals surface area contributed by atoms with Gasteiger partial charge in [-0.3, -0.25) is 0 Å². The lowest BCUT2D eigenvalue weighted by molar-refractivity contribution is 0.842. The topological polar surface area (TPSA) is 86.8 Å². The van der Waals surface area contributed by atoms with E-state index >= 15 is 0 Å². The zero-order valence-electron chi connectivity index (χ0n) is 15.5. The average molecular weight is 369 g/mol. The zero-order valence-corrected chi connectivity index (χ0v) is 15.5. The molecule has 0 aliphatic heterocycles. The van der Waals surface area contributed by atoms with Crippen LogP contribution in [-0.2, 0) is 12.8 Å². The number of H-pyrrole nitrogens is 1. The Labute approximate surface area is 162 Å². The molecule has 0 unspecified atom stereocenters. The van der Waals surface area contributed by atoms with Gasteiger partial charge in [-0.1, -0.05) is 55.8 Å². The Hall–Kier alpha value is -3.72. The lowest BCUT2D eigenvalue weighted by atomic mass is 9.97. The molecule has 4 aromatic rings. The molecule has 2 heterocycles. The third-order valence-corrected chi connectivity index (χ3v) is 4.83. The fourth-order valence-corrected chi connectivity index (χ4v) is 3.43. The minimum Gasteiger partial charge on any atom is -0.246 e. The highest BCUT2D eigenvalue weighted by atomic mass is 16.1. The summed E-state index contributed by atoms with van der Waals surface area (Å²) in [6.45, 7) is 2.10. The van der Waals surface area contributed by atoms with Gasteiger partial charge in [0.25, 0.3) is 0 Å². The van der Waals surface area contributed by atoms with E-state index in [-0.39, 0.29) is 5.69 Å². The molecule has 0 atom stereocenters. The summed E-state index contributed by atoms with van der Waals surface area (Å²) in [5.74, 6) is 0. The largest absolute Gasteiger partial charge is 0.348 e. The number of rotatable bonds is 5. The molecular formula is C22H19N5O. The first-order valence-corrected chi connectivity index (χ1v) is 9.23. The van der Waals surface area contributed by atoms with Crippen molar-refractivity contribution in [3.8, 4) is 17.2 Å². The Morgan fingerprint density at radius 3 is 2.68 bits per heavy atom. The van der Waals surface area contributed by atoms with Crippen molar-refractivity contribution in [1.29, 1.82) is 5.26 Å². The summed E-state index contributed by atoms with van der Waals surface area (Å²) < 4.78 is 1.45. The minimum absolute atomic E-state index is 0.282. The van der Waals surface area contributed by atoms with Crippen molar-refractivity contribution < 1.29 is 0 Å². The lowest BCUT2D eigenvalue weighted by Gasteiger charge is -2.10. The fraction of sp³-hybridized carbons (Fsp3) is 0.182. The first-order chi connectivity index (χ1) is 13.7. The third kappa shape index (κ3) is 3.19. The first-order valence-electron chi connectivity index (χ1n) is 9.23. The standard InChI is InChI=1S/C22H19N5O/c1-2-5-20-19(21-25-26-22(28)27(21)14-24-20)12-15-8-10-16(11-9-15)18-7-4-3-6-17(18)13-23/h3-4,6-11,14H,2,5,12H2,1H3,(H,26,28). The second-order valence-corrected chi connectivity index (χ2v) is 6.67. The van der Waals surface area contributed by atoms with Crippen LogP contribution < -0.4 is 5.69 Å². The highest BCUT2D eigenvalue weighted by molar-refractivity contribution is 5.70. The minimum atomic E-state index is -0.282. The SMILES string of the molecule is CCCc1ncn2c(=O)[nH]nc2c1Cc1ccc(-c2ccccc2C#N)cc1. The van der Waals surface area contributed by atoms with Gasteiger partial charge in [-0.15, -0.1) is 0 Å². The number of nitrogens with one attached hydrogen (secondary N) is 1. The summed E-state index contributed by atoms with van der Waals surface area (Å²) >= 11 is 0. The van der Waals surface area contributed by atoms with Crippen LogP contribution in [-0.4, -0.2) is 19.6 Å². The Kier molecular flexibility index (Phi) is 4.73. The molecule has 0 bridgehead atoms. The van der Waals surface area contributed by atoms with E-state index < -0.39 is 0 Å². The van der Waals surface area contributed by atoms with E-state index in [1.165, 1.54) is 10.7 Å². The van der Waals surface area contributed by atoms with E-state index in [1.807, 2.05) is 48.5 Å². The number of aromatic nitrogens is 4. The van der Waals surface area contributed by atoms with Gasteiger partial charge in [-0.25, -0.2) is 19.3 Å². The highest BCUT2D eigenvalue weighted by Crippen LogP contribution is 2.25. The van der Waals surface area contributed by atoms with Crippen LogP contribution >= 0.6 is 0 Å². The molecule has 138 valence electrons. The number of nitrogens with zero attached hydrogens (tertiary/aromatic N) is 4. The molecule has 0 radical (unpaired) electrons. The summed E-state index contributed by atoms with van der Waals surface area (Å²) in [6.07, 6.45) is 3.98. The van der Waals surface area contributed by atoms with Crippen LogP contribution in [0.3, 0.4) is 0 Å². The van der Waals surface area contributed by atoms with E-state index in [2.05, 4.69) is 28.2 Å². The van der Waals surface area contributed by atoms with Crippen molar-refractivity contribution in [3.63, 3.8) is 0 Å². The number of aromatic amines is 1. The van der Waals surface area contributed by atoms with Crippen molar-refractivity contribution in [2.24, 2.45) is 0 Å². The van der Waals surface area contributed by atoms with Gasteiger partial charge in [0.05, 0.1) is 11.6 Å². The third-order valence-electron chi connectivity index (χ3n) is 4.83. The number of nitriles is 1. The van der Waals surface area contributed by atoms with Gasteiger partial charge in [0, 0.05) is 17.7 Å². The summed E-state index contributed by atoms with van der Waals surface area (Å²) in [6, 6.07) is 18.0. The maximum absolute atomic E-state index is 11.9. The molecule has 6 nitrogen and oxygen atoms in total. The first kappa shape index (κ1) is 17.7. The van der Waals surface area contributed by atoms with E-state index in [1.54, 1.807) is 0 Å². The van der Waals surface area contributed by atoms with Gasteiger partial charge in [-0.2, -0.15) is 10.4 Å². The Balaban J connectivity index is 1.71. The van der Waals surface area contributed by atoms with E-state index in [0.29, 0.717) is 17.6 Å². The smallest absolute Gasteiger partial charge is 0.246 e. The summed E-state index contributed by atoms with van der Waals surface area (Å²) in [4.78, 5) is 16.4. The van der Waals surface area contributed by atoms with Crippen molar-refractivity contribution in [3.05, 3.63) is 87.7 Å². The summed E-state index contributed by atoms with van der Waals surface area (Å²) in [7, 11) is 0. The van der Waals surface area contributed by atoms with Gasteiger partial charge in [0.15, 0.2) is 5.65 Å². The maximum atomic E-state index is 11.9. The van der Waals surface area contributed by atoms with Gasteiger partial charge in [-0.05, 0) is 29.2 Å². The Bertz CT molecular complexity index is 1230. The molecule has 0 fully saturated rings. The maximum Gasteiger partial charge on any atom is 0.348 e. The summed E-state index contributed by atoms with van der Waals surface area (Å²) in [5, 5.41) is 16.0. The van der Waals surface area contributed by atoms with Crippen LogP contribution in [0.15, 0.2) is 59.7 Å². The second-order valence-electron chi connectivity index (χ2n) is 6.67. The molecule has 0 aliphatic carbocycles. The highest BCUT2D eigenvalue weighted by Gasteiger charge is 2.14. The van der Waals surface area contributed by atoms with Crippen LogP contribution in [0.1, 0.15) is 35.7 Å². The normalized spacial score (nSPS) is 10.9. The van der Waals surface area contributed by atoms with Crippen LogP contribution in [0.5, 0.6) is 0 Å². The van der Waals surface area contributed by atoms with Crippen LogP contribution in [0.2, 0.25) is 0 Å². The quantitative estimate of drug-likeness (QED) is 0.583. The number of hydrogen-bond donors (Lipinski definition) is 1. The number of fused-ring (bicyclic) bond motifs is 1. The molecular weight excluding hydrogens is 350 g/mol. The van der Waals surface area contributed by atoms with Crippen molar-refractivity contribution in [2.45, 2.75) is 26.2 Å². The van der Waals surface area contributed by atoms with Crippen LogP contribution in [0.4, 0.5) is 0 Å². The van der Waals surface area contributed by atoms with E-state index in [0.717, 1.165) is 40.8 Å². The van der Waals surface area contributed by atoms with Crippen molar-refractivity contribution in [1.82, 2.24) is 19.6 Å². The van der Waals surface area contributed by atoms with Crippen LogP contribution in [0.25, 0.3) is 16.8 Å². The van der Waals surface area contributed by atoms with Crippen LogP contribution in [0, 0.1) is 11.3 Å². The molecule has 0 aliphatic rings. The zero-order chi connectivity index (χ0) is 19.5. The fourth-order valence-electron chi connectivity index (χ4n) is 3.43. The number of benzene rings is 2. The predicted molar refractivity (Wildman–Crippen MR) is 107 cm³/mol. The average Bonchev–Trinajstić information content (AvgIpc) is 3.11. The molecule has 28 heavy (non-hydrogen) atoms. The molecule has 0 saturated heterocycles. The Morgan fingerprint density at radius 1 is 1.14 bits per heavy atom. The molecule has 0 amide bonds. The molecule has 2 aromatic heterocycles. The van der Waals surface area contributed by atoms with Gasteiger partial charge >= 0.3 is 5.69 Å². The number of aryl methyl sites for hydroxylation is 1. The molecule has 1 N–H and O–H groups in total. The summed E-state index contributed by atoms with van der Waals surface area (Å²) in [5.41, 5.74) is 5.96.